The summed E-state index contributed by atoms with van der Waals surface area (Å²) >= 11 is 0. The van der Waals surface area contributed by atoms with Crippen LogP contribution in [0.4, 0.5) is 4.79 Å². The van der Waals surface area contributed by atoms with Gasteiger partial charge in [-0.05, 0) is 68.3 Å². The Kier molecular flexibility index (Phi) is 7.25. The molecule has 0 spiro atoms. The fourth-order valence-electron chi connectivity index (χ4n) is 3.45. The van der Waals surface area contributed by atoms with E-state index in [2.05, 4.69) is 10.6 Å². The molecule has 32 heavy (non-hydrogen) atoms. The third-order valence-electron chi connectivity index (χ3n) is 4.83. The van der Waals surface area contributed by atoms with E-state index in [-0.39, 0.29) is 18.3 Å². The Morgan fingerprint density at radius 1 is 1.03 bits per heavy atom. The van der Waals surface area contributed by atoms with Crippen LogP contribution in [0.15, 0.2) is 48.0 Å². The van der Waals surface area contributed by atoms with Crippen LogP contribution in [0.3, 0.4) is 0 Å². The Bertz CT molecular complexity index is 1010. The Morgan fingerprint density at radius 3 is 2.34 bits per heavy atom. The van der Waals surface area contributed by atoms with Crippen LogP contribution in [0.5, 0.6) is 17.2 Å². The van der Waals surface area contributed by atoms with Gasteiger partial charge in [-0.3, -0.25) is 0 Å². The molecule has 2 aromatic carbocycles. The summed E-state index contributed by atoms with van der Waals surface area (Å²) in [7, 11) is 3.13. The lowest BCUT2D eigenvalue weighted by Crippen LogP contribution is -2.45. The van der Waals surface area contributed by atoms with Crippen molar-refractivity contribution in [3.63, 3.8) is 0 Å². The number of amides is 2. The number of carbonyl (C=O) groups excluding carboxylic acids is 2. The van der Waals surface area contributed by atoms with Gasteiger partial charge in [-0.2, -0.15) is 0 Å². The molecule has 170 valence electrons. The van der Waals surface area contributed by atoms with Gasteiger partial charge in [-0.15, -0.1) is 0 Å². The topological polar surface area (TPSA) is 95.1 Å². The van der Waals surface area contributed by atoms with Crippen LogP contribution in [0.2, 0.25) is 0 Å². The molecule has 0 bridgehead atoms. The molecule has 1 aliphatic heterocycles. The monoisotopic (exact) mass is 440 g/mol. The molecule has 8 nitrogen and oxygen atoms in total. The maximum Gasteiger partial charge on any atom is 0.338 e. The number of methoxy groups -OCH3 is 2. The quantitative estimate of drug-likeness (QED) is 0.606. The van der Waals surface area contributed by atoms with E-state index < -0.39 is 18.0 Å². The summed E-state index contributed by atoms with van der Waals surface area (Å²) in [6.45, 7) is 5.74. The van der Waals surface area contributed by atoms with Gasteiger partial charge < -0.3 is 29.6 Å². The van der Waals surface area contributed by atoms with Crippen molar-refractivity contribution >= 4 is 17.7 Å². The summed E-state index contributed by atoms with van der Waals surface area (Å²) in [5, 5.41) is 5.59. The fourth-order valence-corrected chi connectivity index (χ4v) is 3.45. The minimum absolute atomic E-state index is 0.0864. The first kappa shape index (κ1) is 23.0. The molecule has 0 saturated heterocycles. The van der Waals surface area contributed by atoms with E-state index in [1.807, 2.05) is 13.8 Å². The number of benzene rings is 2. The Balaban J connectivity index is 2.16. The average molecular weight is 440 g/mol. The number of rotatable bonds is 8. The number of hydrogen-bond acceptors (Lipinski definition) is 6. The van der Waals surface area contributed by atoms with Gasteiger partial charge in [0.25, 0.3) is 0 Å². The molecule has 1 unspecified atom stereocenters. The summed E-state index contributed by atoms with van der Waals surface area (Å²) in [6, 6.07) is 11.2. The standard InChI is InChI=1S/C24H28N2O6/c1-6-31-23(27)20-21(15-7-10-17(29-4)11-8-15)25-24(28)26-22(20)16-9-12-18(30-5)19(13-16)32-14(2)3/h7-14,22H,6H2,1-5H3,(H2,25,26,28). The molecule has 0 aromatic heterocycles. The third-order valence-corrected chi connectivity index (χ3v) is 4.83. The van der Waals surface area contributed by atoms with Crippen LogP contribution in [0.1, 0.15) is 37.9 Å². The number of carbonyl (C=O) groups is 2. The lowest BCUT2D eigenvalue weighted by molar-refractivity contribution is -0.138. The lowest BCUT2D eigenvalue weighted by atomic mass is 9.92. The molecule has 0 radical (unpaired) electrons. The van der Waals surface area contributed by atoms with E-state index in [4.69, 9.17) is 18.9 Å². The van der Waals surface area contributed by atoms with Crippen molar-refractivity contribution in [1.29, 1.82) is 0 Å². The van der Waals surface area contributed by atoms with E-state index in [0.29, 0.717) is 34.1 Å². The van der Waals surface area contributed by atoms with Crippen molar-refractivity contribution in [2.24, 2.45) is 0 Å². The highest BCUT2D eigenvalue weighted by Crippen LogP contribution is 2.37. The van der Waals surface area contributed by atoms with E-state index >= 15 is 0 Å². The summed E-state index contributed by atoms with van der Waals surface area (Å²) in [6.07, 6.45) is -0.0864. The largest absolute Gasteiger partial charge is 0.497 e. The Morgan fingerprint density at radius 2 is 1.75 bits per heavy atom. The van der Waals surface area contributed by atoms with Gasteiger partial charge in [-0.25, -0.2) is 9.59 Å². The molecule has 0 saturated carbocycles. The maximum atomic E-state index is 13.0. The number of nitrogens with one attached hydrogen (secondary N) is 2. The van der Waals surface area contributed by atoms with Gasteiger partial charge >= 0.3 is 12.0 Å². The van der Waals surface area contributed by atoms with Gasteiger partial charge in [0.1, 0.15) is 5.75 Å². The van der Waals surface area contributed by atoms with Crippen LogP contribution in [0, 0.1) is 0 Å². The Hall–Kier alpha value is -3.68. The van der Waals surface area contributed by atoms with Crippen molar-refractivity contribution in [3.05, 3.63) is 59.2 Å². The van der Waals surface area contributed by atoms with Crippen molar-refractivity contribution < 1.29 is 28.5 Å². The highest BCUT2D eigenvalue weighted by atomic mass is 16.5. The average Bonchev–Trinajstić information content (AvgIpc) is 2.78. The first-order chi connectivity index (χ1) is 15.4. The second kappa shape index (κ2) is 10.1. The van der Waals surface area contributed by atoms with Gasteiger partial charge in [0.15, 0.2) is 11.5 Å². The molecule has 0 aliphatic carbocycles. The second-order valence-electron chi connectivity index (χ2n) is 7.35. The molecule has 1 atom stereocenters. The molecular weight excluding hydrogens is 412 g/mol. The van der Waals surface area contributed by atoms with E-state index in [9.17, 15) is 9.59 Å². The molecule has 0 fully saturated rings. The summed E-state index contributed by atoms with van der Waals surface area (Å²) < 4.78 is 21.8. The van der Waals surface area contributed by atoms with Gasteiger partial charge in [0.05, 0.1) is 44.2 Å². The summed E-state index contributed by atoms with van der Waals surface area (Å²) in [5.74, 6) is 1.20. The predicted molar refractivity (Wildman–Crippen MR) is 120 cm³/mol. The molecule has 3 rings (SSSR count). The van der Waals surface area contributed by atoms with Crippen LogP contribution in [-0.4, -0.2) is 38.9 Å². The van der Waals surface area contributed by atoms with Crippen LogP contribution in [-0.2, 0) is 9.53 Å². The van der Waals surface area contributed by atoms with E-state index in [1.54, 1.807) is 63.6 Å². The smallest absolute Gasteiger partial charge is 0.338 e. The zero-order valence-electron chi connectivity index (χ0n) is 18.9. The van der Waals surface area contributed by atoms with Crippen molar-refractivity contribution in [3.8, 4) is 17.2 Å². The SMILES string of the molecule is CCOC(=O)C1=C(c2ccc(OC)cc2)NC(=O)NC1c1ccc(OC)c(OC(C)C)c1. The lowest BCUT2D eigenvalue weighted by Gasteiger charge is -2.30. The van der Waals surface area contributed by atoms with Crippen LogP contribution < -0.4 is 24.8 Å². The summed E-state index contributed by atoms with van der Waals surface area (Å²) in [4.78, 5) is 25.6. The molecule has 2 aromatic rings. The first-order valence-corrected chi connectivity index (χ1v) is 10.4. The zero-order valence-corrected chi connectivity index (χ0v) is 18.9. The highest BCUT2D eigenvalue weighted by Gasteiger charge is 2.35. The molecule has 1 aliphatic rings. The maximum absolute atomic E-state index is 13.0. The molecule has 2 amide bonds. The first-order valence-electron chi connectivity index (χ1n) is 10.4. The van der Waals surface area contributed by atoms with Crippen LogP contribution >= 0.6 is 0 Å². The fraction of sp³-hybridized carbons (Fsp3) is 0.333. The van der Waals surface area contributed by atoms with Gasteiger partial charge in [0.2, 0.25) is 0 Å². The summed E-state index contributed by atoms with van der Waals surface area (Å²) in [5.41, 5.74) is 1.98. The van der Waals surface area contributed by atoms with Crippen LogP contribution in [0.25, 0.3) is 5.70 Å². The second-order valence-corrected chi connectivity index (χ2v) is 7.35. The normalized spacial score (nSPS) is 15.7. The van der Waals surface area contributed by atoms with E-state index in [1.165, 1.54) is 0 Å². The van der Waals surface area contributed by atoms with Gasteiger partial charge in [-0.1, -0.05) is 6.07 Å². The van der Waals surface area contributed by atoms with Crippen molar-refractivity contribution in [2.45, 2.75) is 32.9 Å². The number of urea groups is 1. The minimum atomic E-state index is -0.750. The van der Waals surface area contributed by atoms with Crippen molar-refractivity contribution in [1.82, 2.24) is 10.6 Å². The number of hydrogen-bond donors (Lipinski definition) is 2. The predicted octanol–water partition coefficient (Wildman–Crippen LogP) is 3.82. The molecule has 8 heteroatoms. The molecule has 1 heterocycles. The minimum Gasteiger partial charge on any atom is -0.497 e. The Labute approximate surface area is 187 Å². The third kappa shape index (κ3) is 4.96. The molecular formula is C24H28N2O6. The van der Waals surface area contributed by atoms with Crippen molar-refractivity contribution in [2.75, 3.05) is 20.8 Å². The van der Waals surface area contributed by atoms with Gasteiger partial charge in [0, 0.05) is 0 Å². The number of esters is 1. The highest BCUT2D eigenvalue weighted by molar-refractivity contribution is 6.04. The molecule has 2 N–H and O–H groups in total. The number of ether oxygens (including phenoxy) is 4. The van der Waals surface area contributed by atoms with E-state index in [0.717, 1.165) is 0 Å². The zero-order chi connectivity index (χ0) is 23.3.